The van der Waals surface area contributed by atoms with Crippen molar-refractivity contribution in [3.05, 3.63) is 59.7 Å². The van der Waals surface area contributed by atoms with Crippen LogP contribution in [0.4, 0.5) is 0 Å². The summed E-state index contributed by atoms with van der Waals surface area (Å²) in [5, 5.41) is 3.02. The highest BCUT2D eigenvalue weighted by Gasteiger charge is 2.36. The molecule has 0 aliphatic carbocycles. The van der Waals surface area contributed by atoms with E-state index in [0.29, 0.717) is 19.6 Å². The van der Waals surface area contributed by atoms with Crippen LogP contribution in [0.1, 0.15) is 17.2 Å². The summed E-state index contributed by atoms with van der Waals surface area (Å²) >= 11 is 0. The Morgan fingerprint density at radius 2 is 1.96 bits per heavy atom. The summed E-state index contributed by atoms with van der Waals surface area (Å²) in [5.41, 5.74) is 2.10. The number of methoxy groups -OCH3 is 2. The number of ether oxygens (including phenoxy) is 3. The summed E-state index contributed by atoms with van der Waals surface area (Å²) in [5.74, 6) is 1.41. The first-order valence-electron chi connectivity index (χ1n) is 9.49. The molecule has 1 amide bonds. The fraction of sp³-hybridized carbons (Fsp3) is 0.409. The number of hydrogen-bond acceptors (Lipinski definition) is 5. The molecule has 0 unspecified atom stereocenters. The van der Waals surface area contributed by atoms with Gasteiger partial charge in [-0.05, 0) is 30.7 Å². The predicted molar refractivity (Wildman–Crippen MR) is 108 cm³/mol. The molecular weight excluding hydrogens is 356 g/mol. The van der Waals surface area contributed by atoms with Gasteiger partial charge in [-0.3, -0.25) is 9.69 Å². The molecular formula is C22H28N2O4. The average molecular weight is 384 g/mol. The molecule has 0 saturated carbocycles. The van der Waals surface area contributed by atoms with Crippen molar-refractivity contribution >= 4 is 5.91 Å². The Hall–Kier alpha value is -2.57. The van der Waals surface area contributed by atoms with E-state index in [2.05, 4.69) is 10.2 Å². The maximum atomic E-state index is 12.9. The van der Waals surface area contributed by atoms with E-state index in [-0.39, 0.29) is 11.9 Å². The summed E-state index contributed by atoms with van der Waals surface area (Å²) in [7, 11) is 5.29. The Labute approximate surface area is 166 Å². The van der Waals surface area contributed by atoms with Crippen LogP contribution < -0.4 is 14.8 Å². The van der Waals surface area contributed by atoms with Gasteiger partial charge in [0.2, 0.25) is 0 Å². The molecule has 1 aliphatic rings. The molecule has 1 heterocycles. The van der Waals surface area contributed by atoms with Crippen molar-refractivity contribution in [1.29, 1.82) is 0 Å². The molecule has 2 atom stereocenters. The number of carbonyl (C=O) groups excluding carboxylic acids is 1. The Morgan fingerprint density at radius 3 is 2.68 bits per heavy atom. The van der Waals surface area contributed by atoms with Crippen LogP contribution in [0.3, 0.4) is 0 Å². The van der Waals surface area contributed by atoms with Crippen molar-refractivity contribution in [3.8, 4) is 11.5 Å². The minimum Gasteiger partial charge on any atom is -0.497 e. The number of morpholine rings is 1. The molecule has 2 aromatic rings. The molecule has 28 heavy (non-hydrogen) atoms. The van der Waals surface area contributed by atoms with Crippen molar-refractivity contribution in [1.82, 2.24) is 10.2 Å². The highest BCUT2D eigenvalue weighted by atomic mass is 16.5. The van der Waals surface area contributed by atoms with Gasteiger partial charge in [-0.2, -0.15) is 0 Å². The molecule has 6 heteroatoms. The first-order valence-corrected chi connectivity index (χ1v) is 9.49. The van der Waals surface area contributed by atoms with Gasteiger partial charge in [0, 0.05) is 19.2 Å². The molecule has 0 spiro atoms. The van der Waals surface area contributed by atoms with E-state index in [0.717, 1.165) is 29.2 Å². The van der Waals surface area contributed by atoms with Gasteiger partial charge in [-0.25, -0.2) is 0 Å². The average Bonchev–Trinajstić information content (AvgIpc) is 2.74. The third kappa shape index (κ3) is 4.64. The topological polar surface area (TPSA) is 60.0 Å². The molecule has 1 saturated heterocycles. The van der Waals surface area contributed by atoms with Crippen LogP contribution in [0.5, 0.6) is 11.5 Å². The number of rotatable bonds is 7. The third-order valence-corrected chi connectivity index (χ3v) is 5.09. The monoisotopic (exact) mass is 384 g/mol. The highest BCUT2D eigenvalue weighted by Crippen LogP contribution is 2.28. The van der Waals surface area contributed by atoms with E-state index < -0.39 is 6.10 Å². The second-order valence-corrected chi connectivity index (χ2v) is 6.85. The number of hydrogen-bond donors (Lipinski definition) is 1. The second kappa shape index (κ2) is 9.57. The van der Waals surface area contributed by atoms with E-state index in [1.165, 1.54) is 0 Å². The van der Waals surface area contributed by atoms with Gasteiger partial charge in [0.05, 0.1) is 26.9 Å². The zero-order chi connectivity index (χ0) is 19.9. The van der Waals surface area contributed by atoms with Crippen molar-refractivity contribution in [2.75, 3.05) is 41.0 Å². The number of benzene rings is 2. The highest BCUT2D eigenvalue weighted by molar-refractivity contribution is 5.82. The largest absolute Gasteiger partial charge is 0.497 e. The molecule has 3 rings (SSSR count). The van der Waals surface area contributed by atoms with E-state index in [1.54, 1.807) is 14.2 Å². The Bertz CT molecular complexity index is 781. The van der Waals surface area contributed by atoms with Gasteiger partial charge < -0.3 is 19.5 Å². The van der Waals surface area contributed by atoms with Gasteiger partial charge in [0.1, 0.15) is 11.5 Å². The summed E-state index contributed by atoms with van der Waals surface area (Å²) in [6, 6.07) is 15.6. The van der Waals surface area contributed by atoms with Crippen LogP contribution in [0.15, 0.2) is 48.5 Å². The van der Waals surface area contributed by atoms with Crippen LogP contribution in [-0.2, 0) is 16.0 Å². The summed E-state index contributed by atoms with van der Waals surface area (Å²) in [6.07, 6.45) is 0.135. The first-order chi connectivity index (χ1) is 13.6. The number of likely N-dealkylation sites (N-methyl/N-ethyl adjacent to an activating group) is 1. The van der Waals surface area contributed by atoms with Crippen molar-refractivity contribution in [2.24, 2.45) is 0 Å². The standard InChI is InChI=1S/C22H28N2O4/c1-24-13-14-28-21(20(24)17-7-5-4-6-8-17)22(25)23-12-11-16-9-10-18(26-2)15-19(16)27-3/h4-10,15,20-21H,11-14H2,1-3H3,(H,23,25)/t20-,21+/m0/s1. The zero-order valence-electron chi connectivity index (χ0n) is 16.7. The van der Waals surface area contributed by atoms with Crippen molar-refractivity contribution < 1.29 is 19.0 Å². The molecule has 1 N–H and O–H groups in total. The molecule has 6 nitrogen and oxygen atoms in total. The molecule has 150 valence electrons. The zero-order valence-corrected chi connectivity index (χ0v) is 16.7. The van der Waals surface area contributed by atoms with Gasteiger partial charge in [-0.15, -0.1) is 0 Å². The van der Waals surface area contributed by atoms with Crippen LogP contribution in [0, 0.1) is 0 Å². The number of carbonyl (C=O) groups is 1. The third-order valence-electron chi connectivity index (χ3n) is 5.09. The minimum absolute atomic E-state index is 0.0899. The Kier molecular flexibility index (Phi) is 6.90. The van der Waals surface area contributed by atoms with Crippen LogP contribution in [0.25, 0.3) is 0 Å². The normalized spacial score (nSPS) is 19.8. The Morgan fingerprint density at radius 1 is 1.18 bits per heavy atom. The van der Waals surface area contributed by atoms with Crippen LogP contribution in [-0.4, -0.2) is 57.9 Å². The minimum atomic E-state index is -0.529. The fourth-order valence-electron chi connectivity index (χ4n) is 3.56. The fourth-order valence-corrected chi connectivity index (χ4v) is 3.56. The summed E-state index contributed by atoms with van der Waals surface area (Å²) in [4.78, 5) is 15.0. The van der Waals surface area contributed by atoms with Gasteiger partial charge in [0.15, 0.2) is 6.10 Å². The van der Waals surface area contributed by atoms with E-state index in [9.17, 15) is 4.79 Å². The Balaban J connectivity index is 1.63. The summed E-state index contributed by atoms with van der Waals surface area (Å²) < 4.78 is 16.5. The van der Waals surface area contributed by atoms with E-state index in [1.807, 2.05) is 55.6 Å². The molecule has 1 fully saturated rings. The second-order valence-electron chi connectivity index (χ2n) is 6.85. The molecule has 0 bridgehead atoms. The number of nitrogens with zero attached hydrogens (tertiary/aromatic N) is 1. The summed E-state index contributed by atoms with van der Waals surface area (Å²) in [6.45, 7) is 1.85. The lowest BCUT2D eigenvalue weighted by Gasteiger charge is -2.38. The van der Waals surface area contributed by atoms with Gasteiger partial charge in [0.25, 0.3) is 5.91 Å². The maximum absolute atomic E-state index is 12.9. The molecule has 0 aromatic heterocycles. The predicted octanol–water partition coefficient (Wildman–Crippen LogP) is 2.43. The lowest BCUT2D eigenvalue weighted by Crippen LogP contribution is -2.50. The quantitative estimate of drug-likeness (QED) is 0.795. The first kappa shape index (κ1) is 20.2. The molecule has 2 aromatic carbocycles. The maximum Gasteiger partial charge on any atom is 0.251 e. The van der Waals surface area contributed by atoms with Crippen molar-refractivity contribution in [2.45, 2.75) is 18.6 Å². The number of amides is 1. The molecule has 0 radical (unpaired) electrons. The molecule has 1 aliphatic heterocycles. The lowest BCUT2D eigenvalue weighted by molar-refractivity contribution is -0.144. The van der Waals surface area contributed by atoms with Crippen LogP contribution >= 0.6 is 0 Å². The van der Waals surface area contributed by atoms with Crippen molar-refractivity contribution in [3.63, 3.8) is 0 Å². The van der Waals surface area contributed by atoms with Gasteiger partial charge in [-0.1, -0.05) is 36.4 Å². The van der Waals surface area contributed by atoms with Gasteiger partial charge >= 0.3 is 0 Å². The SMILES string of the molecule is COc1ccc(CCNC(=O)[C@@H]2OCCN(C)[C@H]2c2ccccc2)c(OC)c1. The smallest absolute Gasteiger partial charge is 0.251 e. The van der Waals surface area contributed by atoms with Crippen LogP contribution in [0.2, 0.25) is 0 Å². The number of nitrogens with one attached hydrogen (secondary N) is 1. The van der Waals surface area contributed by atoms with E-state index >= 15 is 0 Å². The van der Waals surface area contributed by atoms with E-state index in [4.69, 9.17) is 14.2 Å². The lowest BCUT2D eigenvalue weighted by atomic mass is 9.98.